The predicted molar refractivity (Wildman–Crippen MR) is 35.1 cm³/mol. The molecule has 0 atom stereocenters. The van der Waals surface area contributed by atoms with Gasteiger partial charge in [-0.05, 0) is 0 Å². The second-order valence-corrected chi connectivity index (χ2v) is 1.66. The van der Waals surface area contributed by atoms with Crippen LogP contribution in [-0.2, 0) is 0 Å². The largest absolute Gasteiger partial charge is 0.411 e. The molecule has 3 N–H and O–H groups in total. The van der Waals surface area contributed by atoms with Crippen molar-refractivity contribution in [3.8, 4) is 5.88 Å². The number of aromatic amines is 1. The number of aromatic nitrogens is 2. The van der Waals surface area contributed by atoms with Crippen molar-refractivity contribution >= 4 is 6.09 Å². The van der Waals surface area contributed by atoms with Gasteiger partial charge in [-0.1, -0.05) is 0 Å². The van der Waals surface area contributed by atoms with Crippen LogP contribution in [0.2, 0.25) is 0 Å². The minimum atomic E-state index is -0.980. The highest BCUT2D eigenvalue weighted by Gasteiger charge is 1.97. The highest BCUT2D eigenvalue weighted by molar-refractivity contribution is 5.67. The van der Waals surface area contributed by atoms with Gasteiger partial charge in [0, 0.05) is 12.3 Å². The average Bonchev–Trinajstić information content (AvgIpc) is 1.85. The van der Waals surface area contributed by atoms with Crippen molar-refractivity contribution in [2.75, 3.05) is 0 Å². The summed E-state index contributed by atoms with van der Waals surface area (Å²) in [6.07, 6.45) is 0.226. The number of amides is 1. The fourth-order valence-corrected chi connectivity index (χ4v) is 0.520. The number of nitrogens with two attached hydrogens (primary N) is 1. The molecule has 0 bridgehead atoms. The summed E-state index contributed by atoms with van der Waals surface area (Å²) in [6, 6.07) is 1.31. The van der Waals surface area contributed by atoms with Crippen LogP contribution >= 0.6 is 0 Å². The van der Waals surface area contributed by atoms with E-state index in [0.29, 0.717) is 0 Å². The Hall–Kier alpha value is -1.85. The summed E-state index contributed by atoms with van der Waals surface area (Å²) >= 11 is 0. The Morgan fingerprint density at radius 2 is 2.45 bits per heavy atom. The van der Waals surface area contributed by atoms with E-state index in [1.54, 1.807) is 0 Å². The highest BCUT2D eigenvalue weighted by atomic mass is 16.6. The Balaban J connectivity index is 2.88. The number of rotatable bonds is 1. The van der Waals surface area contributed by atoms with Gasteiger partial charge in [0.2, 0.25) is 5.88 Å². The van der Waals surface area contributed by atoms with Crippen molar-refractivity contribution < 1.29 is 9.53 Å². The molecule has 6 heteroatoms. The van der Waals surface area contributed by atoms with Crippen molar-refractivity contribution in [1.82, 2.24) is 9.97 Å². The van der Waals surface area contributed by atoms with Crippen LogP contribution in [0.15, 0.2) is 17.1 Å². The number of hydrogen-bond acceptors (Lipinski definition) is 4. The summed E-state index contributed by atoms with van der Waals surface area (Å²) in [5, 5.41) is 0. The van der Waals surface area contributed by atoms with E-state index in [1.165, 1.54) is 12.3 Å². The number of ether oxygens (including phenoxy) is 1. The quantitative estimate of drug-likeness (QED) is 0.556. The standard InChI is InChI=1S/C5H5N3O3/c6-4(9)11-3-1-2-7-5(10)8-3/h1-2H,(H2,6,9)(H,7,8,10). The van der Waals surface area contributed by atoms with Gasteiger partial charge in [0.1, 0.15) is 0 Å². The van der Waals surface area contributed by atoms with Gasteiger partial charge in [-0.2, -0.15) is 0 Å². The minimum Gasteiger partial charge on any atom is -0.393 e. The van der Waals surface area contributed by atoms with Gasteiger partial charge in [-0.15, -0.1) is 0 Å². The molecule has 0 radical (unpaired) electrons. The number of carbonyl (C=O) groups excluding carboxylic acids is 1. The maximum Gasteiger partial charge on any atom is 0.411 e. The summed E-state index contributed by atoms with van der Waals surface area (Å²) in [5.74, 6) is -0.0162. The molecule has 58 valence electrons. The van der Waals surface area contributed by atoms with Crippen LogP contribution in [0.1, 0.15) is 0 Å². The lowest BCUT2D eigenvalue weighted by Crippen LogP contribution is -2.19. The molecule has 0 aliphatic heterocycles. The molecule has 1 heterocycles. The fraction of sp³-hybridized carbons (Fsp3) is 0. The van der Waals surface area contributed by atoms with Crippen molar-refractivity contribution in [2.45, 2.75) is 0 Å². The summed E-state index contributed by atoms with van der Waals surface area (Å²) in [5.41, 5.74) is 4.08. The van der Waals surface area contributed by atoms with Crippen molar-refractivity contribution in [3.63, 3.8) is 0 Å². The Labute approximate surface area is 61.0 Å². The van der Waals surface area contributed by atoms with Crippen LogP contribution in [0.5, 0.6) is 5.88 Å². The Morgan fingerprint density at radius 1 is 1.73 bits per heavy atom. The molecule has 6 nitrogen and oxygen atoms in total. The Morgan fingerprint density at radius 3 is 3.00 bits per heavy atom. The first-order valence-electron chi connectivity index (χ1n) is 2.71. The van der Waals surface area contributed by atoms with E-state index in [4.69, 9.17) is 0 Å². The van der Waals surface area contributed by atoms with Crippen molar-refractivity contribution in [2.24, 2.45) is 5.73 Å². The predicted octanol–water partition coefficient (Wildman–Crippen LogP) is -0.773. The van der Waals surface area contributed by atoms with E-state index in [0.717, 1.165) is 0 Å². The second-order valence-electron chi connectivity index (χ2n) is 1.66. The van der Waals surface area contributed by atoms with E-state index in [1.807, 2.05) is 0 Å². The molecular formula is C5H5N3O3. The number of primary amides is 1. The smallest absolute Gasteiger partial charge is 0.393 e. The van der Waals surface area contributed by atoms with Gasteiger partial charge in [0.15, 0.2) is 0 Å². The minimum absolute atomic E-state index is 0.0162. The average molecular weight is 155 g/mol. The first kappa shape index (κ1) is 7.26. The first-order valence-corrected chi connectivity index (χ1v) is 2.71. The molecule has 0 unspecified atom stereocenters. The Kier molecular flexibility index (Phi) is 1.86. The van der Waals surface area contributed by atoms with Crippen LogP contribution in [0.4, 0.5) is 4.79 Å². The van der Waals surface area contributed by atoms with Gasteiger partial charge in [0.05, 0.1) is 0 Å². The zero-order chi connectivity index (χ0) is 8.27. The molecule has 0 aliphatic carbocycles. The third-order valence-corrected chi connectivity index (χ3v) is 0.858. The number of carbonyl (C=O) groups is 1. The van der Waals surface area contributed by atoms with Gasteiger partial charge in [-0.3, -0.25) is 4.98 Å². The van der Waals surface area contributed by atoms with E-state index in [2.05, 4.69) is 20.4 Å². The lowest BCUT2D eigenvalue weighted by molar-refractivity contribution is 0.209. The third kappa shape index (κ3) is 2.09. The molecule has 0 fully saturated rings. The molecule has 1 aromatic heterocycles. The summed E-state index contributed by atoms with van der Waals surface area (Å²) < 4.78 is 4.34. The van der Waals surface area contributed by atoms with Crippen LogP contribution in [-0.4, -0.2) is 16.1 Å². The fourth-order valence-electron chi connectivity index (χ4n) is 0.520. The maximum atomic E-state index is 10.5. The van der Waals surface area contributed by atoms with Crippen LogP contribution < -0.4 is 16.2 Å². The maximum absolute atomic E-state index is 10.5. The van der Waals surface area contributed by atoms with Crippen LogP contribution in [0.25, 0.3) is 0 Å². The van der Waals surface area contributed by atoms with Crippen LogP contribution in [0.3, 0.4) is 0 Å². The molecule has 0 spiro atoms. The van der Waals surface area contributed by atoms with E-state index in [-0.39, 0.29) is 5.88 Å². The zero-order valence-electron chi connectivity index (χ0n) is 5.40. The van der Waals surface area contributed by atoms with Crippen molar-refractivity contribution in [1.29, 1.82) is 0 Å². The van der Waals surface area contributed by atoms with Gasteiger partial charge >= 0.3 is 11.8 Å². The lowest BCUT2D eigenvalue weighted by atomic mass is 10.6. The Bertz CT molecular complexity index is 319. The molecule has 0 saturated carbocycles. The monoisotopic (exact) mass is 155 g/mol. The van der Waals surface area contributed by atoms with Gasteiger partial charge in [0.25, 0.3) is 0 Å². The van der Waals surface area contributed by atoms with Crippen LogP contribution in [0, 0.1) is 0 Å². The molecule has 0 saturated heterocycles. The summed E-state index contributed by atoms with van der Waals surface area (Å²) in [7, 11) is 0. The van der Waals surface area contributed by atoms with E-state index >= 15 is 0 Å². The molecule has 1 rings (SSSR count). The van der Waals surface area contributed by atoms with E-state index < -0.39 is 11.8 Å². The van der Waals surface area contributed by atoms with Gasteiger partial charge in [-0.25, -0.2) is 14.6 Å². The third-order valence-electron chi connectivity index (χ3n) is 0.858. The molecule has 1 aromatic rings. The normalized spacial score (nSPS) is 9.09. The number of nitrogens with one attached hydrogen (secondary N) is 1. The number of H-pyrrole nitrogens is 1. The lowest BCUT2D eigenvalue weighted by Gasteiger charge is -1.96. The molecule has 0 aromatic carbocycles. The number of hydrogen-bond donors (Lipinski definition) is 2. The second kappa shape index (κ2) is 2.82. The summed E-state index contributed by atoms with van der Waals surface area (Å²) in [6.45, 7) is 0. The highest BCUT2D eigenvalue weighted by Crippen LogP contribution is 1.97. The topological polar surface area (TPSA) is 98.1 Å². The molecule has 1 amide bonds. The first-order chi connectivity index (χ1) is 5.18. The van der Waals surface area contributed by atoms with Gasteiger partial charge < -0.3 is 10.5 Å². The van der Waals surface area contributed by atoms with Crippen molar-refractivity contribution in [3.05, 3.63) is 22.7 Å². The molecule has 11 heavy (non-hydrogen) atoms. The zero-order valence-corrected chi connectivity index (χ0v) is 5.40. The summed E-state index contributed by atoms with van der Waals surface area (Å²) in [4.78, 5) is 26.1. The molecule has 0 aliphatic rings. The number of nitrogens with zero attached hydrogens (tertiary/aromatic N) is 1. The molecular weight excluding hydrogens is 150 g/mol. The van der Waals surface area contributed by atoms with E-state index in [9.17, 15) is 9.59 Å². The SMILES string of the molecule is NC(=O)Oc1ccnc(=O)[nH]1.